The second-order valence-electron chi connectivity index (χ2n) is 4.14. The molecule has 0 saturated heterocycles. The topological polar surface area (TPSA) is 55.9 Å². The number of aryl methyl sites for hydroxylation is 2. The van der Waals surface area contributed by atoms with Crippen LogP contribution in [0, 0.1) is 6.92 Å². The van der Waals surface area contributed by atoms with E-state index in [1.807, 2.05) is 19.4 Å². The molecule has 0 aliphatic heterocycles. The minimum absolute atomic E-state index is 0.159. The summed E-state index contributed by atoms with van der Waals surface area (Å²) in [4.78, 5) is 8.20. The highest BCUT2D eigenvalue weighted by molar-refractivity contribution is 4.94. The van der Waals surface area contributed by atoms with E-state index >= 15 is 0 Å². The van der Waals surface area contributed by atoms with Gasteiger partial charge in [-0.2, -0.15) is 0 Å². The van der Waals surface area contributed by atoms with E-state index in [0.29, 0.717) is 0 Å². The van der Waals surface area contributed by atoms with Gasteiger partial charge in [0.05, 0.1) is 18.6 Å². The number of imidazole rings is 1. The lowest BCUT2D eigenvalue weighted by Gasteiger charge is -2.10. The van der Waals surface area contributed by atoms with Gasteiger partial charge in [0.1, 0.15) is 5.76 Å². The van der Waals surface area contributed by atoms with Crippen LogP contribution >= 0.6 is 0 Å². The van der Waals surface area contributed by atoms with Crippen molar-refractivity contribution in [1.29, 1.82) is 0 Å². The highest BCUT2D eigenvalue weighted by atomic mass is 16.4. The fourth-order valence-corrected chi connectivity index (χ4v) is 1.66. The van der Waals surface area contributed by atoms with E-state index in [1.54, 1.807) is 12.4 Å². The van der Waals surface area contributed by atoms with Gasteiger partial charge in [-0.05, 0) is 26.8 Å². The Labute approximate surface area is 101 Å². The van der Waals surface area contributed by atoms with Crippen molar-refractivity contribution in [1.82, 2.24) is 19.9 Å². The van der Waals surface area contributed by atoms with Gasteiger partial charge in [0.25, 0.3) is 0 Å². The molecule has 0 aliphatic rings. The minimum Gasteiger partial charge on any atom is -0.444 e. The molecule has 92 valence electrons. The fourth-order valence-electron chi connectivity index (χ4n) is 1.66. The largest absolute Gasteiger partial charge is 0.444 e. The van der Waals surface area contributed by atoms with Gasteiger partial charge in [-0.3, -0.25) is 0 Å². The molecule has 2 heterocycles. The Morgan fingerprint density at radius 1 is 1.53 bits per heavy atom. The Morgan fingerprint density at radius 2 is 2.41 bits per heavy atom. The minimum atomic E-state index is 0.159. The zero-order valence-corrected chi connectivity index (χ0v) is 10.3. The molecule has 0 spiro atoms. The molecule has 2 aromatic rings. The Morgan fingerprint density at radius 3 is 3.06 bits per heavy atom. The first kappa shape index (κ1) is 11.9. The van der Waals surface area contributed by atoms with Crippen molar-refractivity contribution in [3.05, 3.63) is 36.6 Å². The maximum Gasteiger partial charge on any atom is 0.211 e. The van der Waals surface area contributed by atoms with Gasteiger partial charge in [-0.25, -0.2) is 9.97 Å². The van der Waals surface area contributed by atoms with Gasteiger partial charge in [-0.1, -0.05) is 0 Å². The van der Waals surface area contributed by atoms with Crippen molar-refractivity contribution in [2.75, 3.05) is 6.54 Å². The number of aromatic nitrogens is 3. The summed E-state index contributed by atoms with van der Waals surface area (Å²) in [7, 11) is 0. The molecule has 2 aromatic heterocycles. The highest BCUT2D eigenvalue weighted by Gasteiger charge is 2.09. The summed E-state index contributed by atoms with van der Waals surface area (Å²) in [5, 5.41) is 3.38. The second kappa shape index (κ2) is 5.63. The van der Waals surface area contributed by atoms with Crippen LogP contribution in [0.5, 0.6) is 0 Å². The van der Waals surface area contributed by atoms with Crippen LogP contribution in [0.3, 0.4) is 0 Å². The van der Waals surface area contributed by atoms with Crippen LogP contribution in [-0.4, -0.2) is 21.1 Å². The summed E-state index contributed by atoms with van der Waals surface area (Å²) in [6.45, 7) is 5.87. The molecule has 5 nitrogen and oxygen atoms in total. The molecule has 0 fully saturated rings. The first-order chi connectivity index (χ1) is 8.25. The average molecular weight is 234 g/mol. The Hall–Kier alpha value is -1.62. The monoisotopic (exact) mass is 234 g/mol. The lowest BCUT2D eigenvalue weighted by Crippen LogP contribution is -2.21. The van der Waals surface area contributed by atoms with Crippen LogP contribution in [0.25, 0.3) is 0 Å². The third-order valence-electron chi connectivity index (χ3n) is 2.61. The summed E-state index contributed by atoms with van der Waals surface area (Å²) in [5.41, 5.74) is 0. The first-order valence-electron chi connectivity index (χ1n) is 5.87. The molecule has 0 bridgehead atoms. The molecule has 0 amide bonds. The van der Waals surface area contributed by atoms with Crippen molar-refractivity contribution < 1.29 is 4.42 Å². The molecule has 5 heteroatoms. The van der Waals surface area contributed by atoms with Gasteiger partial charge in [0.15, 0.2) is 0 Å². The molecule has 0 radical (unpaired) electrons. The van der Waals surface area contributed by atoms with Crippen molar-refractivity contribution >= 4 is 0 Å². The Kier molecular flexibility index (Phi) is 3.93. The van der Waals surface area contributed by atoms with Gasteiger partial charge in [0.2, 0.25) is 5.89 Å². The maximum atomic E-state index is 5.46. The van der Waals surface area contributed by atoms with E-state index in [4.69, 9.17) is 4.42 Å². The van der Waals surface area contributed by atoms with Crippen molar-refractivity contribution in [3.63, 3.8) is 0 Å². The van der Waals surface area contributed by atoms with Crippen LogP contribution in [-0.2, 0) is 6.54 Å². The van der Waals surface area contributed by atoms with Gasteiger partial charge >= 0.3 is 0 Å². The molecule has 2 rings (SSSR count). The Bertz CT molecular complexity index is 435. The molecular weight excluding hydrogens is 216 g/mol. The van der Waals surface area contributed by atoms with Crippen molar-refractivity contribution in [2.24, 2.45) is 0 Å². The molecule has 0 aliphatic carbocycles. The lowest BCUT2D eigenvalue weighted by molar-refractivity contribution is 0.398. The first-order valence-corrected chi connectivity index (χ1v) is 5.87. The van der Waals surface area contributed by atoms with Crippen molar-refractivity contribution in [3.8, 4) is 0 Å². The van der Waals surface area contributed by atoms with Crippen LogP contribution in [0.15, 0.2) is 29.3 Å². The number of hydrogen-bond acceptors (Lipinski definition) is 4. The Balaban J connectivity index is 1.68. The fraction of sp³-hybridized carbons (Fsp3) is 0.500. The van der Waals surface area contributed by atoms with Crippen LogP contribution in [0.2, 0.25) is 0 Å². The lowest BCUT2D eigenvalue weighted by atomic mass is 10.3. The standard InChI is InChI=1S/C12H18N4O/c1-10-8-15-12(17-10)11(2)14-4-3-6-16-7-5-13-9-16/h5,7-9,11,14H,3-4,6H2,1-2H3. The third-order valence-corrected chi connectivity index (χ3v) is 2.61. The second-order valence-corrected chi connectivity index (χ2v) is 4.14. The van der Waals surface area contributed by atoms with Gasteiger partial charge in [0, 0.05) is 18.9 Å². The smallest absolute Gasteiger partial charge is 0.211 e. The molecule has 1 N–H and O–H groups in total. The number of rotatable bonds is 6. The van der Waals surface area contributed by atoms with E-state index in [-0.39, 0.29) is 6.04 Å². The summed E-state index contributed by atoms with van der Waals surface area (Å²) in [6.07, 6.45) is 8.41. The number of nitrogens with one attached hydrogen (secondary N) is 1. The van der Waals surface area contributed by atoms with Gasteiger partial charge in [-0.15, -0.1) is 0 Å². The average Bonchev–Trinajstić information content (AvgIpc) is 2.95. The molecule has 0 aromatic carbocycles. The summed E-state index contributed by atoms with van der Waals surface area (Å²) >= 11 is 0. The molecule has 0 saturated carbocycles. The summed E-state index contributed by atoms with van der Waals surface area (Å²) < 4.78 is 7.53. The van der Waals surface area contributed by atoms with E-state index < -0.39 is 0 Å². The molecule has 17 heavy (non-hydrogen) atoms. The summed E-state index contributed by atoms with van der Waals surface area (Å²) in [5.74, 6) is 1.61. The van der Waals surface area contributed by atoms with E-state index in [9.17, 15) is 0 Å². The van der Waals surface area contributed by atoms with Crippen molar-refractivity contribution in [2.45, 2.75) is 32.9 Å². The van der Waals surface area contributed by atoms with Crippen LogP contribution in [0.4, 0.5) is 0 Å². The summed E-state index contributed by atoms with van der Waals surface area (Å²) in [6, 6.07) is 0.159. The highest BCUT2D eigenvalue weighted by Crippen LogP contribution is 2.11. The third kappa shape index (κ3) is 3.42. The predicted octanol–water partition coefficient (Wildman–Crippen LogP) is 1.92. The van der Waals surface area contributed by atoms with E-state index in [2.05, 4.69) is 26.8 Å². The number of oxazole rings is 1. The quantitative estimate of drug-likeness (QED) is 0.776. The normalized spacial score (nSPS) is 12.8. The molecule has 1 atom stereocenters. The van der Waals surface area contributed by atoms with Crippen LogP contribution in [0.1, 0.15) is 31.0 Å². The number of hydrogen-bond donors (Lipinski definition) is 1. The molecular formula is C12H18N4O. The van der Waals surface area contributed by atoms with E-state index in [0.717, 1.165) is 31.2 Å². The SMILES string of the molecule is Cc1cnc(C(C)NCCCn2ccnc2)o1. The predicted molar refractivity (Wildman–Crippen MR) is 64.5 cm³/mol. The van der Waals surface area contributed by atoms with E-state index in [1.165, 1.54) is 0 Å². The van der Waals surface area contributed by atoms with Gasteiger partial charge < -0.3 is 14.3 Å². The zero-order chi connectivity index (χ0) is 12.1. The molecule has 1 unspecified atom stereocenters. The maximum absolute atomic E-state index is 5.46. The van der Waals surface area contributed by atoms with Crippen LogP contribution < -0.4 is 5.32 Å². The number of nitrogens with zero attached hydrogens (tertiary/aromatic N) is 3. The zero-order valence-electron chi connectivity index (χ0n) is 10.3.